The van der Waals surface area contributed by atoms with Gasteiger partial charge in [-0.1, -0.05) is 13.0 Å². The molecule has 3 nitrogen and oxygen atoms in total. The van der Waals surface area contributed by atoms with E-state index in [4.69, 9.17) is 10.5 Å². The van der Waals surface area contributed by atoms with E-state index in [2.05, 4.69) is 24.8 Å². The van der Waals surface area contributed by atoms with E-state index in [0.29, 0.717) is 12.6 Å². The van der Waals surface area contributed by atoms with Gasteiger partial charge in [0.05, 0.1) is 7.11 Å². The van der Waals surface area contributed by atoms with Crippen LogP contribution in [0.1, 0.15) is 37.8 Å². The number of ether oxygens (including phenoxy) is 1. The summed E-state index contributed by atoms with van der Waals surface area (Å²) in [6.07, 6.45) is 2.59. The molecule has 1 heterocycles. The highest BCUT2D eigenvalue weighted by atomic mass is 16.5. The summed E-state index contributed by atoms with van der Waals surface area (Å²) in [5.74, 6) is 1.83. The minimum absolute atomic E-state index is 0.587. The molecule has 1 fully saturated rings. The quantitative estimate of drug-likeness (QED) is 0.907. The molecule has 0 amide bonds. The van der Waals surface area contributed by atoms with Gasteiger partial charge in [0.25, 0.3) is 0 Å². The molecule has 0 aliphatic carbocycles. The maximum absolute atomic E-state index is 5.73. The highest BCUT2D eigenvalue weighted by Crippen LogP contribution is 2.27. The molecule has 19 heavy (non-hydrogen) atoms. The van der Waals surface area contributed by atoms with Crippen LogP contribution in [-0.4, -0.2) is 24.6 Å². The summed E-state index contributed by atoms with van der Waals surface area (Å²) in [5.41, 5.74) is 8.17. The van der Waals surface area contributed by atoms with Crippen molar-refractivity contribution in [3.8, 4) is 5.75 Å². The highest BCUT2D eigenvalue weighted by Gasteiger charge is 2.23. The van der Waals surface area contributed by atoms with E-state index in [-0.39, 0.29) is 0 Å². The first kappa shape index (κ1) is 14.4. The summed E-state index contributed by atoms with van der Waals surface area (Å²) in [6.45, 7) is 7.41. The van der Waals surface area contributed by atoms with Gasteiger partial charge >= 0.3 is 0 Å². The van der Waals surface area contributed by atoms with Gasteiger partial charge in [-0.25, -0.2) is 0 Å². The number of piperidine rings is 1. The van der Waals surface area contributed by atoms with Gasteiger partial charge in [0.2, 0.25) is 0 Å². The van der Waals surface area contributed by atoms with Crippen molar-refractivity contribution in [1.82, 2.24) is 4.90 Å². The summed E-state index contributed by atoms with van der Waals surface area (Å²) < 4.78 is 5.48. The summed E-state index contributed by atoms with van der Waals surface area (Å²) >= 11 is 0. The van der Waals surface area contributed by atoms with Crippen molar-refractivity contribution < 1.29 is 4.74 Å². The van der Waals surface area contributed by atoms with Crippen LogP contribution < -0.4 is 10.5 Å². The van der Waals surface area contributed by atoms with E-state index >= 15 is 0 Å². The van der Waals surface area contributed by atoms with Gasteiger partial charge in [0, 0.05) is 24.7 Å². The Morgan fingerprint density at radius 1 is 1.37 bits per heavy atom. The lowest BCUT2D eigenvalue weighted by molar-refractivity contribution is 0.121. The van der Waals surface area contributed by atoms with E-state index in [1.54, 1.807) is 7.11 Å². The maximum atomic E-state index is 5.73. The van der Waals surface area contributed by atoms with Crippen molar-refractivity contribution in [2.45, 2.75) is 45.8 Å². The van der Waals surface area contributed by atoms with Gasteiger partial charge < -0.3 is 10.5 Å². The second kappa shape index (κ2) is 6.40. The van der Waals surface area contributed by atoms with E-state index in [9.17, 15) is 0 Å². The van der Waals surface area contributed by atoms with Crippen LogP contribution in [0.4, 0.5) is 0 Å². The smallest absolute Gasteiger partial charge is 0.123 e. The number of likely N-dealkylation sites (tertiary alicyclic amines) is 1. The zero-order chi connectivity index (χ0) is 13.8. The van der Waals surface area contributed by atoms with Crippen molar-refractivity contribution in [1.29, 1.82) is 0 Å². The largest absolute Gasteiger partial charge is 0.496 e. The third-order valence-electron chi connectivity index (χ3n) is 4.23. The van der Waals surface area contributed by atoms with Gasteiger partial charge in [-0.3, -0.25) is 4.90 Å². The van der Waals surface area contributed by atoms with E-state index < -0.39 is 0 Å². The number of hydrogen-bond acceptors (Lipinski definition) is 3. The van der Waals surface area contributed by atoms with Crippen LogP contribution in [0.25, 0.3) is 0 Å². The number of benzene rings is 1. The molecule has 1 aliphatic rings. The molecule has 1 aliphatic heterocycles. The monoisotopic (exact) mass is 262 g/mol. The number of nitrogens with two attached hydrogens (primary N) is 1. The fourth-order valence-electron chi connectivity index (χ4n) is 2.99. The Morgan fingerprint density at radius 3 is 2.79 bits per heavy atom. The van der Waals surface area contributed by atoms with E-state index in [1.165, 1.54) is 30.5 Å². The van der Waals surface area contributed by atoms with Crippen molar-refractivity contribution in [3.05, 3.63) is 29.3 Å². The molecule has 1 aromatic rings. The lowest BCUT2D eigenvalue weighted by Crippen LogP contribution is -2.39. The number of nitrogens with zero attached hydrogens (tertiary/aromatic N) is 1. The van der Waals surface area contributed by atoms with Crippen LogP contribution in [0, 0.1) is 5.92 Å². The fourth-order valence-corrected chi connectivity index (χ4v) is 2.99. The van der Waals surface area contributed by atoms with Gasteiger partial charge in [-0.05, 0) is 49.9 Å². The fraction of sp³-hybridized carbons (Fsp3) is 0.625. The standard InChI is InChI=1S/C16H26N2O/c1-12-6-7-18(13(2)8-12)11-15-9-14(10-17)4-5-16(15)19-3/h4-5,9,12-13H,6-8,10-11,17H2,1-3H3. The SMILES string of the molecule is COc1ccc(CN)cc1CN1CCC(C)CC1C. The number of rotatable bonds is 4. The average molecular weight is 262 g/mol. The third-order valence-corrected chi connectivity index (χ3v) is 4.23. The molecule has 0 bridgehead atoms. The van der Waals surface area contributed by atoms with Crippen LogP contribution >= 0.6 is 0 Å². The Bertz CT molecular complexity index is 419. The Balaban J connectivity index is 2.13. The Kier molecular flexibility index (Phi) is 4.83. The zero-order valence-electron chi connectivity index (χ0n) is 12.4. The lowest BCUT2D eigenvalue weighted by atomic mass is 9.93. The highest BCUT2D eigenvalue weighted by molar-refractivity contribution is 5.37. The normalized spacial score (nSPS) is 24.4. The molecule has 0 saturated carbocycles. The molecular weight excluding hydrogens is 236 g/mol. The molecule has 0 spiro atoms. The average Bonchev–Trinajstić information content (AvgIpc) is 2.41. The van der Waals surface area contributed by atoms with Crippen molar-refractivity contribution in [2.75, 3.05) is 13.7 Å². The Labute approximate surface area is 116 Å². The second-order valence-electron chi connectivity index (χ2n) is 5.80. The van der Waals surface area contributed by atoms with Crippen LogP contribution in [0.5, 0.6) is 5.75 Å². The summed E-state index contributed by atoms with van der Waals surface area (Å²) in [7, 11) is 1.74. The van der Waals surface area contributed by atoms with Crippen molar-refractivity contribution in [2.24, 2.45) is 11.7 Å². The molecule has 3 heteroatoms. The van der Waals surface area contributed by atoms with Gasteiger partial charge in [-0.15, -0.1) is 0 Å². The number of methoxy groups -OCH3 is 1. The minimum atomic E-state index is 0.587. The third kappa shape index (κ3) is 3.48. The molecule has 1 aromatic carbocycles. The van der Waals surface area contributed by atoms with Gasteiger partial charge in [-0.2, -0.15) is 0 Å². The van der Waals surface area contributed by atoms with Gasteiger partial charge in [0.15, 0.2) is 0 Å². The molecule has 0 radical (unpaired) electrons. The van der Waals surface area contributed by atoms with E-state index in [1.807, 2.05) is 12.1 Å². The zero-order valence-corrected chi connectivity index (χ0v) is 12.4. The van der Waals surface area contributed by atoms with Gasteiger partial charge in [0.1, 0.15) is 5.75 Å². The van der Waals surface area contributed by atoms with Crippen LogP contribution in [0.2, 0.25) is 0 Å². The molecular formula is C16H26N2O. The summed E-state index contributed by atoms with van der Waals surface area (Å²) in [6, 6.07) is 6.91. The molecule has 1 saturated heterocycles. The molecule has 2 atom stereocenters. The molecule has 2 rings (SSSR count). The second-order valence-corrected chi connectivity index (χ2v) is 5.80. The predicted molar refractivity (Wildman–Crippen MR) is 79.2 cm³/mol. The van der Waals surface area contributed by atoms with Crippen LogP contribution in [0.3, 0.4) is 0 Å². The Hall–Kier alpha value is -1.06. The summed E-state index contributed by atoms with van der Waals surface area (Å²) in [4.78, 5) is 2.55. The summed E-state index contributed by atoms with van der Waals surface area (Å²) in [5, 5.41) is 0. The molecule has 0 aromatic heterocycles. The molecule has 2 N–H and O–H groups in total. The minimum Gasteiger partial charge on any atom is -0.496 e. The maximum Gasteiger partial charge on any atom is 0.123 e. The predicted octanol–water partition coefficient (Wildman–Crippen LogP) is 2.77. The van der Waals surface area contributed by atoms with Crippen molar-refractivity contribution in [3.63, 3.8) is 0 Å². The van der Waals surface area contributed by atoms with Crippen LogP contribution in [-0.2, 0) is 13.1 Å². The first-order valence-corrected chi connectivity index (χ1v) is 7.24. The van der Waals surface area contributed by atoms with Crippen LogP contribution in [0.15, 0.2) is 18.2 Å². The number of hydrogen-bond donors (Lipinski definition) is 1. The lowest BCUT2D eigenvalue weighted by Gasteiger charge is -2.36. The van der Waals surface area contributed by atoms with E-state index in [0.717, 1.165) is 18.2 Å². The molecule has 106 valence electrons. The first-order chi connectivity index (χ1) is 9.13. The van der Waals surface area contributed by atoms with Crippen molar-refractivity contribution >= 4 is 0 Å². The molecule has 2 unspecified atom stereocenters. The Morgan fingerprint density at radius 2 is 2.16 bits per heavy atom. The topological polar surface area (TPSA) is 38.5 Å². The first-order valence-electron chi connectivity index (χ1n) is 7.24.